The first-order chi connectivity index (χ1) is 17.2. The van der Waals surface area contributed by atoms with E-state index < -0.39 is 0 Å². The molecule has 2 aromatic carbocycles. The van der Waals surface area contributed by atoms with Gasteiger partial charge in [-0.15, -0.1) is 0 Å². The Morgan fingerprint density at radius 2 is 1.06 bits per heavy atom. The third-order valence-corrected chi connectivity index (χ3v) is 4.94. The maximum atomic E-state index is 11.6. The molecule has 0 radical (unpaired) electrons. The Labute approximate surface area is 210 Å². The van der Waals surface area contributed by atoms with Crippen LogP contribution in [-0.2, 0) is 28.7 Å². The SMILES string of the molecule is COC(=O)CCCOc1cc(-c2ccc(NC(C)=O)c(OCCCC(=O)OC)c2)ccc1NC(C)=O. The Hall–Kier alpha value is -4.08. The van der Waals surface area contributed by atoms with Crippen molar-refractivity contribution in [2.45, 2.75) is 39.5 Å². The quantitative estimate of drug-likeness (QED) is 0.313. The lowest BCUT2D eigenvalue weighted by atomic mass is 10.0. The number of esters is 2. The maximum absolute atomic E-state index is 11.6. The summed E-state index contributed by atoms with van der Waals surface area (Å²) in [5.74, 6) is -0.257. The number of methoxy groups -OCH3 is 2. The fourth-order valence-electron chi connectivity index (χ4n) is 3.23. The zero-order valence-corrected chi connectivity index (χ0v) is 21.0. The summed E-state index contributed by atoms with van der Waals surface area (Å²) in [5, 5.41) is 5.48. The molecule has 2 N–H and O–H groups in total. The summed E-state index contributed by atoms with van der Waals surface area (Å²) in [6, 6.07) is 10.6. The number of hydrogen-bond donors (Lipinski definition) is 2. The molecule has 0 atom stereocenters. The molecule has 0 aliphatic carbocycles. The third kappa shape index (κ3) is 9.28. The highest BCUT2D eigenvalue weighted by Gasteiger charge is 2.13. The molecule has 0 bridgehead atoms. The Kier molecular flexibility index (Phi) is 11.2. The van der Waals surface area contributed by atoms with Crippen molar-refractivity contribution >= 4 is 35.1 Å². The first-order valence-corrected chi connectivity index (χ1v) is 11.5. The first kappa shape index (κ1) is 28.2. The zero-order chi connectivity index (χ0) is 26.5. The molecular formula is C26H32N2O8. The van der Waals surface area contributed by atoms with Crippen LogP contribution in [0.25, 0.3) is 11.1 Å². The summed E-state index contributed by atoms with van der Waals surface area (Å²) in [5.41, 5.74) is 2.55. The normalized spacial score (nSPS) is 10.2. The molecule has 10 heteroatoms. The molecule has 2 rings (SSSR count). The molecule has 0 aromatic heterocycles. The summed E-state index contributed by atoms with van der Waals surface area (Å²) >= 11 is 0. The van der Waals surface area contributed by atoms with E-state index in [2.05, 4.69) is 20.1 Å². The lowest BCUT2D eigenvalue weighted by molar-refractivity contribution is -0.141. The van der Waals surface area contributed by atoms with E-state index in [1.165, 1.54) is 28.1 Å². The predicted molar refractivity (Wildman–Crippen MR) is 134 cm³/mol. The molecule has 2 amide bonds. The standard InChI is InChI=1S/C26H32N2O8/c1-17(29)27-21-11-9-19(15-23(21)35-13-5-7-25(31)33-3)20-10-12-22(28-18(2)30)24(16-20)36-14-6-8-26(32)34-4/h9-12,15-16H,5-8,13-14H2,1-4H3,(H,27,29)(H,28,30). The van der Waals surface area contributed by atoms with Crippen molar-refractivity contribution < 1.29 is 38.1 Å². The molecule has 0 saturated carbocycles. The number of ether oxygens (including phenoxy) is 4. The minimum atomic E-state index is -0.326. The number of carbonyl (C=O) groups is 4. The predicted octanol–water partition coefficient (Wildman–Crippen LogP) is 3.93. The highest BCUT2D eigenvalue weighted by molar-refractivity contribution is 5.92. The van der Waals surface area contributed by atoms with Gasteiger partial charge in [0, 0.05) is 26.7 Å². The molecular weight excluding hydrogens is 468 g/mol. The number of hydrogen-bond acceptors (Lipinski definition) is 8. The van der Waals surface area contributed by atoms with Crippen LogP contribution in [0.1, 0.15) is 39.5 Å². The molecule has 2 aromatic rings. The van der Waals surface area contributed by atoms with E-state index in [0.717, 1.165) is 11.1 Å². The number of nitrogens with one attached hydrogen (secondary N) is 2. The molecule has 0 saturated heterocycles. The number of benzene rings is 2. The van der Waals surface area contributed by atoms with Gasteiger partial charge in [0.15, 0.2) is 0 Å². The minimum absolute atomic E-state index is 0.215. The van der Waals surface area contributed by atoms with Gasteiger partial charge in [0.1, 0.15) is 11.5 Å². The van der Waals surface area contributed by atoms with Crippen molar-refractivity contribution in [3.05, 3.63) is 36.4 Å². The zero-order valence-electron chi connectivity index (χ0n) is 21.0. The van der Waals surface area contributed by atoms with Crippen LogP contribution in [0.3, 0.4) is 0 Å². The number of rotatable bonds is 13. The molecule has 0 fully saturated rings. The maximum Gasteiger partial charge on any atom is 0.305 e. The Morgan fingerprint density at radius 1 is 0.667 bits per heavy atom. The lowest BCUT2D eigenvalue weighted by Gasteiger charge is -2.16. The molecule has 0 heterocycles. The highest BCUT2D eigenvalue weighted by atomic mass is 16.5. The third-order valence-electron chi connectivity index (χ3n) is 4.94. The fourth-order valence-corrected chi connectivity index (χ4v) is 3.23. The van der Waals surface area contributed by atoms with Crippen molar-refractivity contribution in [2.24, 2.45) is 0 Å². The molecule has 36 heavy (non-hydrogen) atoms. The van der Waals surface area contributed by atoms with E-state index >= 15 is 0 Å². The van der Waals surface area contributed by atoms with Gasteiger partial charge in [-0.1, -0.05) is 12.1 Å². The minimum Gasteiger partial charge on any atom is -0.491 e. The van der Waals surface area contributed by atoms with Crippen molar-refractivity contribution in [3.63, 3.8) is 0 Å². The Bertz CT molecular complexity index is 998. The second kappa shape index (κ2) is 14.3. The van der Waals surface area contributed by atoms with Gasteiger partial charge in [-0.25, -0.2) is 0 Å². The molecule has 0 aliphatic heterocycles. The van der Waals surface area contributed by atoms with E-state index in [0.29, 0.717) is 35.7 Å². The van der Waals surface area contributed by atoms with E-state index in [1.54, 1.807) is 24.3 Å². The fraction of sp³-hybridized carbons (Fsp3) is 0.385. The van der Waals surface area contributed by atoms with Gasteiger partial charge < -0.3 is 29.6 Å². The van der Waals surface area contributed by atoms with Gasteiger partial charge in [0.2, 0.25) is 11.8 Å². The van der Waals surface area contributed by atoms with Gasteiger partial charge in [-0.3, -0.25) is 19.2 Å². The van der Waals surface area contributed by atoms with Crippen LogP contribution in [-0.4, -0.2) is 51.2 Å². The number of anilines is 2. The van der Waals surface area contributed by atoms with Crippen molar-refractivity contribution in [3.8, 4) is 22.6 Å². The average molecular weight is 501 g/mol. The van der Waals surface area contributed by atoms with Crippen LogP contribution >= 0.6 is 0 Å². The summed E-state index contributed by atoms with van der Waals surface area (Å²) in [4.78, 5) is 46.0. The monoisotopic (exact) mass is 500 g/mol. The van der Waals surface area contributed by atoms with Crippen LogP contribution < -0.4 is 20.1 Å². The van der Waals surface area contributed by atoms with Crippen LogP contribution in [0.2, 0.25) is 0 Å². The molecule has 0 spiro atoms. The van der Waals surface area contributed by atoms with Gasteiger partial charge in [0.25, 0.3) is 0 Å². The Balaban J connectivity index is 2.27. The summed E-state index contributed by atoms with van der Waals surface area (Å²) in [6.07, 6.45) is 1.33. The summed E-state index contributed by atoms with van der Waals surface area (Å²) in [7, 11) is 2.66. The lowest BCUT2D eigenvalue weighted by Crippen LogP contribution is -2.10. The van der Waals surface area contributed by atoms with Gasteiger partial charge in [-0.2, -0.15) is 0 Å². The molecule has 0 unspecified atom stereocenters. The van der Waals surface area contributed by atoms with Crippen LogP contribution in [0, 0.1) is 0 Å². The smallest absolute Gasteiger partial charge is 0.305 e. The number of amides is 2. The van der Waals surface area contributed by atoms with E-state index in [4.69, 9.17) is 9.47 Å². The van der Waals surface area contributed by atoms with Crippen LogP contribution in [0.15, 0.2) is 36.4 Å². The van der Waals surface area contributed by atoms with Crippen molar-refractivity contribution in [1.29, 1.82) is 0 Å². The second-order valence-electron chi connectivity index (χ2n) is 7.84. The van der Waals surface area contributed by atoms with Gasteiger partial charge in [0.05, 0.1) is 38.8 Å². The summed E-state index contributed by atoms with van der Waals surface area (Å²) < 4.78 is 21.0. The largest absolute Gasteiger partial charge is 0.491 e. The van der Waals surface area contributed by atoms with Crippen LogP contribution in [0.5, 0.6) is 11.5 Å². The van der Waals surface area contributed by atoms with E-state index in [-0.39, 0.29) is 49.8 Å². The Morgan fingerprint density at radius 3 is 1.39 bits per heavy atom. The topological polar surface area (TPSA) is 129 Å². The first-order valence-electron chi connectivity index (χ1n) is 11.5. The van der Waals surface area contributed by atoms with Crippen molar-refractivity contribution in [2.75, 3.05) is 38.1 Å². The average Bonchev–Trinajstić information content (AvgIpc) is 2.85. The van der Waals surface area contributed by atoms with E-state index in [1.807, 2.05) is 12.1 Å². The van der Waals surface area contributed by atoms with E-state index in [9.17, 15) is 19.2 Å². The highest BCUT2D eigenvalue weighted by Crippen LogP contribution is 2.35. The van der Waals surface area contributed by atoms with Gasteiger partial charge >= 0.3 is 11.9 Å². The molecule has 194 valence electrons. The number of carbonyl (C=O) groups excluding carboxylic acids is 4. The molecule has 0 aliphatic rings. The van der Waals surface area contributed by atoms with Gasteiger partial charge in [-0.05, 0) is 48.2 Å². The van der Waals surface area contributed by atoms with Crippen LogP contribution in [0.4, 0.5) is 11.4 Å². The summed E-state index contributed by atoms with van der Waals surface area (Å²) in [6.45, 7) is 3.31. The second-order valence-corrected chi connectivity index (χ2v) is 7.84. The molecule has 10 nitrogen and oxygen atoms in total. The van der Waals surface area contributed by atoms with Crippen molar-refractivity contribution in [1.82, 2.24) is 0 Å².